The van der Waals surface area contributed by atoms with E-state index >= 15 is 0 Å². The van der Waals surface area contributed by atoms with Crippen LogP contribution in [0, 0.1) is 19.7 Å². The monoisotopic (exact) mass is 327 g/mol. The molecule has 2 nitrogen and oxygen atoms in total. The second kappa shape index (κ2) is 7.33. The first-order valence-electron chi connectivity index (χ1n) is 8.99. The van der Waals surface area contributed by atoms with Gasteiger partial charge < -0.3 is 5.11 Å². The molecule has 1 aromatic carbocycles. The molecule has 24 heavy (non-hydrogen) atoms. The van der Waals surface area contributed by atoms with Gasteiger partial charge in [0.15, 0.2) is 0 Å². The van der Waals surface area contributed by atoms with Crippen molar-refractivity contribution in [3.63, 3.8) is 0 Å². The Morgan fingerprint density at radius 1 is 1.04 bits per heavy atom. The van der Waals surface area contributed by atoms with Crippen LogP contribution in [-0.2, 0) is 6.42 Å². The molecule has 0 atom stereocenters. The summed E-state index contributed by atoms with van der Waals surface area (Å²) < 4.78 is 13.9. The molecule has 1 aliphatic carbocycles. The molecule has 128 valence electrons. The number of benzene rings is 1. The van der Waals surface area contributed by atoms with Crippen LogP contribution >= 0.6 is 0 Å². The summed E-state index contributed by atoms with van der Waals surface area (Å²) in [5.74, 6) is 0.485. The lowest BCUT2D eigenvalue weighted by atomic mass is 9.94. The highest BCUT2D eigenvalue weighted by Gasteiger charge is 2.20. The molecular formula is C21H26FNO. The van der Waals surface area contributed by atoms with Gasteiger partial charge in [-0.3, -0.25) is 4.98 Å². The van der Waals surface area contributed by atoms with Gasteiger partial charge in [-0.2, -0.15) is 0 Å². The highest BCUT2D eigenvalue weighted by molar-refractivity contribution is 5.39. The van der Waals surface area contributed by atoms with Crippen LogP contribution in [0.15, 0.2) is 24.3 Å². The third-order valence-corrected chi connectivity index (χ3v) is 5.33. The maximum Gasteiger partial charge on any atom is 0.137 e. The van der Waals surface area contributed by atoms with Crippen molar-refractivity contribution in [3.8, 4) is 5.75 Å². The molecule has 0 saturated heterocycles. The lowest BCUT2D eigenvalue weighted by molar-refractivity contribution is 0.445. The Labute approximate surface area is 143 Å². The van der Waals surface area contributed by atoms with Crippen molar-refractivity contribution in [1.82, 2.24) is 4.98 Å². The fraction of sp³-hybridized carbons (Fsp3) is 0.476. The molecule has 1 N–H and O–H groups in total. The number of aryl methyl sites for hydroxylation is 1. The smallest absolute Gasteiger partial charge is 0.137 e. The Hall–Kier alpha value is -1.90. The Kier molecular flexibility index (Phi) is 5.17. The second-order valence-electron chi connectivity index (χ2n) is 7.04. The average molecular weight is 327 g/mol. The molecule has 0 radical (unpaired) electrons. The Bertz CT molecular complexity index is 718. The first-order chi connectivity index (χ1) is 11.6. The van der Waals surface area contributed by atoms with Crippen LogP contribution in [0.25, 0.3) is 0 Å². The third-order valence-electron chi connectivity index (χ3n) is 5.33. The summed E-state index contributed by atoms with van der Waals surface area (Å²) >= 11 is 0. The Morgan fingerprint density at radius 3 is 2.46 bits per heavy atom. The number of hydrogen-bond acceptors (Lipinski definition) is 2. The molecule has 0 aliphatic heterocycles. The van der Waals surface area contributed by atoms with Gasteiger partial charge in [0, 0.05) is 18.0 Å². The summed E-state index contributed by atoms with van der Waals surface area (Å²) in [5.41, 5.74) is 4.52. The van der Waals surface area contributed by atoms with Crippen LogP contribution in [0.1, 0.15) is 72.5 Å². The van der Waals surface area contributed by atoms with E-state index in [1.165, 1.54) is 31.7 Å². The van der Waals surface area contributed by atoms with Crippen LogP contribution in [0.3, 0.4) is 0 Å². The average Bonchev–Trinajstić information content (AvgIpc) is 2.86. The van der Waals surface area contributed by atoms with Crippen molar-refractivity contribution in [1.29, 1.82) is 0 Å². The molecule has 1 fully saturated rings. The highest BCUT2D eigenvalue weighted by Crippen LogP contribution is 2.35. The minimum Gasteiger partial charge on any atom is -0.506 e. The van der Waals surface area contributed by atoms with Crippen molar-refractivity contribution in [3.05, 3.63) is 58.2 Å². The van der Waals surface area contributed by atoms with Gasteiger partial charge in [0.25, 0.3) is 0 Å². The van der Waals surface area contributed by atoms with Crippen molar-refractivity contribution >= 4 is 0 Å². The minimum atomic E-state index is -0.168. The predicted molar refractivity (Wildman–Crippen MR) is 95.0 cm³/mol. The number of aromatic nitrogens is 1. The van der Waals surface area contributed by atoms with Gasteiger partial charge in [0.2, 0.25) is 0 Å². The first kappa shape index (κ1) is 16.9. The molecule has 0 unspecified atom stereocenters. The zero-order chi connectivity index (χ0) is 17.1. The zero-order valence-electron chi connectivity index (χ0n) is 14.6. The number of aromatic hydroxyl groups is 1. The second-order valence-corrected chi connectivity index (χ2v) is 7.04. The molecule has 1 saturated carbocycles. The van der Waals surface area contributed by atoms with E-state index in [-0.39, 0.29) is 5.82 Å². The fourth-order valence-corrected chi connectivity index (χ4v) is 3.78. The summed E-state index contributed by atoms with van der Waals surface area (Å²) in [6, 6.07) is 6.96. The van der Waals surface area contributed by atoms with Crippen molar-refractivity contribution in [2.75, 3.05) is 0 Å². The van der Waals surface area contributed by atoms with Crippen LogP contribution in [0.4, 0.5) is 4.39 Å². The van der Waals surface area contributed by atoms with E-state index in [4.69, 9.17) is 4.98 Å². The van der Waals surface area contributed by atoms with Crippen LogP contribution in [-0.4, -0.2) is 10.1 Å². The largest absolute Gasteiger partial charge is 0.506 e. The van der Waals surface area contributed by atoms with E-state index in [1.54, 1.807) is 6.07 Å². The van der Waals surface area contributed by atoms with Gasteiger partial charge in [-0.25, -0.2) is 4.39 Å². The summed E-state index contributed by atoms with van der Waals surface area (Å²) in [6.07, 6.45) is 7.77. The zero-order valence-corrected chi connectivity index (χ0v) is 14.6. The summed E-state index contributed by atoms with van der Waals surface area (Å²) in [4.78, 5) is 4.77. The van der Waals surface area contributed by atoms with E-state index < -0.39 is 0 Å². The van der Waals surface area contributed by atoms with E-state index in [0.29, 0.717) is 23.7 Å². The van der Waals surface area contributed by atoms with Gasteiger partial charge in [0.05, 0.1) is 5.69 Å². The summed E-state index contributed by atoms with van der Waals surface area (Å²) in [5, 5.41) is 10.3. The number of hydrogen-bond donors (Lipinski definition) is 1. The molecule has 3 heteroatoms. The quantitative estimate of drug-likeness (QED) is 0.747. The van der Waals surface area contributed by atoms with Gasteiger partial charge in [-0.1, -0.05) is 31.7 Å². The third kappa shape index (κ3) is 3.61. The maximum absolute atomic E-state index is 13.9. The predicted octanol–water partition coefficient (Wildman–Crippen LogP) is 5.57. The van der Waals surface area contributed by atoms with Crippen molar-refractivity contribution in [2.24, 2.45) is 0 Å². The topological polar surface area (TPSA) is 33.1 Å². The normalized spacial score (nSPS) is 16.1. The van der Waals surface area contributed by atoms with E-state index in [9.17, 15) is 9.50 Å². The summed E-state index contributed by atoms with van der Waals surface area (Å²) in [7, 11) is 0. The number of pyridine rings is 1. The molecule has 0 spiro atoms. The van der Waals surface area contributed by atoms with E-state index in [0.717, 1.165) is 35.4 Å². The molecule has 0 amide bonds. The first-order valence-corrected chi connectivity index (χ1v) is 8.99. The van der Waals surface area contributed by atoms with Gasteiger partial charge in [0.1, 0.15) is 11.6 Å². The maximum atomic E-state index is 13.9. The number of rotatable bonds is 3. The lowest BCUT2D eigenvalue weighted by Gasteiger charge is -2.17. The molecule has 3 rings (SSSR count). The van der Waals surface area contributed by atoms with E-state index in [2.05, 4.69) is 0 Å². The Balaban J connectivity index is 1.90. The van der Waals surface area contributed by atoms with Crippen LogP contribution in [0.2, 0.25) is 0 Å². The van der Waals surface area contributed by atoms with Gasteiger partial charge in [-0.15, -0.1) is 0 Å². The van der Waals surface area contributed by atoms with Crippen LogP contribution in [0.5, 0.6) is 5.75 Å². The van der Waals surface area contributed by atoms with Crippen molar-refractivity contribution in [2.45, 2.75) is 64.7 Å². The molecule has 0 bridgehead atoms. The lowest BCUT2D eigenvalue weighted by Crippen LogP contribution is -2.05. The molecular weight excluding hydrogens is 301 g/mol. The molecule has 2 aromatic rings. The molecule has 1 heterocycles. The number of nitrogens with zero attached hydrogens (tertiary/aromatic N) is 1. The SMILES string of the molecule is Cc1ccc(F)c(C)c1Cc1ccc(O)c(C2CCCCCC2)n1. The minimum absolute atomic E-state index is 0.168. The van der Waals surface area contributed by atoms with Gasteiger partial charge in [-0.05, 0) is 61.6 Å². The van der Waals surface area contributed by atoms with E-state index in [1.807, 2.05) is 26.0 Å². The van der Waals surface area contributed by atoms with Crippen molar-refractivity contribution < 1.29 is 9.50 Å². The Morgan fingerprint density at radius 2 is 1.75 bits per heavy atom. The molecule has 1 aromatic heterocycles. The fourth-order valence-electron chi connectivity index (χ4n) is 3.78. The van der Waals surface area contributed by atoms with Crippen LogP contribution < -0.4 is 0 Å². The highest BCUT2D eigenvalue weighted by atomic mass is 19.1. The summed E-state index contributed by atoms with van der Waals surface area (Å²) in [6.45, 7) is 3.83. The standard InChI is InChI=1S/C21H26FNO/c1-14-9-11-19(22)15(2)18(14)13-17-10-12-20(24)21(23-17)16-7-5-3-4-6-8-16/h9-12,16,24H,3-8,13H2,1-2H3. The molecule has 1 aliphatic rings. The number of halogens is 1. The van der Waals surface area contributed by atoms with Gasteiger partial charge >= 0.3 is 0 Å².